The molecule has 11 heteroatoms. The van der Waals surface area contributed by atoms with Gasteiger partial charge in [-0.25, -0.2) is 37.8 Å². The standard InChI is InChI=1S/C25H23F3N6O2/c1-5-36-24(35)25(2,3)17-19(20(27)28)31-22(32-21(17)29-4)18-15-10-8-12-30-23(15)34(33-18)13-14-9-6-7-11-16(14)26/h6-12,20H,4-5,13H2,1-3H3. The summed E-state index contributed by atoms with van der Waals surface area (Å²) in [6.45, 7) is 8.07. The maximum Gasteiger partial charge on any atom is 0.316 e. The van der Waals surface area contributed by atoms with E-state index < -0.39 is 29.3 Å². The van der Waals surface area contributed by atoms with Crippen LogP contribution in [0.25, 0.3) is 22.6 Å². The Hall–Kier alpha value is -4.15. The van der Waals surface area contributed by atoms with Crippen molar-refractivity contribution in [3.05, 3.63) is 65.2 Å². The number of benzene rings is 1. The summed E-state index contributed by atoms with van der Waals surface area (Å²) in [6, 6.07) is 9.56. The number of aliphatic imine (C=N–C) groups is 1. The zero-order chi connectivity index (χ0) is 26.0. The molecule has 0 amide bonds. The number of fused-ring (bicyclic) bond motifs is 1. The van der Waals surface area contributed by atoms with Gasteiger partial charge >= 0.3 is 5.97 Å². The molecule has 3 heterocycles. The molecular formula is C25H23F3N6O2. The molecule has 186 valence electrons. The van der Waals surface area contributed by atoms with Gasteiger partial charge < -0.3 is 4.74 Å². The van der Waals surface area contributed by atoms with E-state index in [1.54, 1.807) is 43.5 Å². The van der Waals surface area contributed by atoms with Gasteiger partial charge in [0, 0.05) is 17.3 Å². The summed E-state index contributed by atoms with van der Waals surface area (Å²) in [4.78, 5) is 29.2. The molecule has 0 fully saturated rings. The van der Waals surface area contributed by atoms with E-state index in [0.717, 1.165) is 0 Å². The minimum absolute atomic E-state index is 0.0441. The molecule has 0 aliphatic carbocycles. The predicted molar refractivity (Wildman–Crippen MR) is 128 cm³/mol. The van der Waals surface area contributed by atoms with E-state index >= 15 is 0 Å². The van der Waals surface area contributed by atoms with Crippen LogP contribution < -0.4 is 0 Å². The summed E-state index contributed by atoms with van der Waals surface area (Å²) in [5, 5.41) is 4.97. The van der Waals surface area contributed by atoms with Crippen molar-refractivity contribution in [2.75, 3.05) is 6.61 Å². The molecule has 8 nitrogen and oxygen atoms in total. The minimum atomic E-state index is -3.05. The Bertz CT molecular complexity index is 1450. The highest BCUT2D eigenvalue weighted by Crippen LogP contribution is 2.39. The van der Waals surface area contributed by atoms with Crippen LogP contribution >= 0.6 is 0 Å². The van der Waals surface area contributed by atoms with Crippen LogP contribution in [-0.4, -0.2) is 44.0 Å². The summed E-state index contributed by atoms with van der Waals surface area (Å²) < 4.78 is 49.4. The number of esters is 1. The van der Waals surface area contributed by atoms with E-state index in [1.807, 2.05) is 0 Å². The number of rotatable bonds is 8. The first-order chi connectivity index (χ1) is 17.2. The Labute approximate surface area is 204 Å². The van der Waals surface area contributed by atoms with E-state index in [2.05, 4.69) is 31.8 Å². The Balaban J connectivity index is 1.92. The number of pyridine rings is 1. The molecule has 1 aromatic carbocycles. The number of aromatic nitrogens is 5. The first-order valence-corrected chi connectivity index (χ1v) is 11.1. The SMILES string of the molecule is C=Nc1nc(-c2nn(Cc3ccccc3F)c3ncccc23)nc(C(F)F)c1C(C)(C)C(=O)OCC. The van der Waals surface area contributed by atoms with Crippen molar-refractivity contribution in [3.8, 4) is 11.5 Å². The van der Waals surface area contributed by atoms with E-state index in [4.69, 9.17) is 4.74 Å². The molecule has 3 aromatic heterocycles. The predicted octanol–water partition coefficient (Wildman–Crippen LogP) is 5.19. The average molecular weight is 496 g/mol. The minimum Gasteiger partial charge on any atom is -0.465 e. The quantitative estimate of drug-likeness (QED) is 0.246. The van der Waals surface area contributed by atoms with Gasteiger partial charge in [0.05, 0.1) is 24.0 Å². The van der Waals surface area contributed by atoms with Crippen molar-refractivity contribution in [2.24, 2.45) is 4.99 Å². The lowest BCUT2D eigenvalue weighted by molar-refractivity contribution is -0.148. The maximum absolute atomic E-state index is 14.3. The fraction of sp³-hybridized carbons (Fsp3) is 0.280. The van der Waals surface area contributed by atoms with E-state index in [9.17, 15) is 18.0 Å². The molecule has 0 bridgehead atoms. The number of halogens is 3. The molecule has 0 N–H and O–H groups in total. The molecule has 0 unspecified atom stereocenters. The van der Waals surface area contributed by atoms with Crippen molar-refractivity contribution in [1.29, 1.82) is 0 Å². The summed E-state index contributed by atoms with van der Waals surface area (Å²) in [5.74, 6) is -1.48. The van der Waals surface area contributed by atoms with E-state index in [-0.39, 0.29) is 36.1 Å². The Kier molecular flexibility index (Phi) is 6.82. The fourth-order valence-electron chi connectivity index (χ4n) is 3.93. The van der Waals surface area contributed by atoms with Crippen molar-refractivity contribution in [2.45, 2.75) is 39.2 Å². The van der Waals surface area contributed by atoms with Crippen LogP contribution in [0.4, 0.5) is 19.0 Å². The smallest absolute Gasteiger partial charge is 0.316 e. The van der Waals surface area contributed by atoms with Crippen LogP contribution in [0, 0.1) is 5.82 Å². The van der Waals surface area contributed by atoms with Gasteiger partial charge in [-0.1, -0.05) is 18.2 Å². The topological polar surface area (TPSA) is 95.1 Å². The molecular weight excluding hydrogens is 473 g/mol. The van der Waals surface area contributed by atoms with Gasteiger partial charge in [0.1, 0.15) is 17.2 Å². The second-order valence-corrected chi connectivity index (χ2v) is 8.41. The third-order valence-corrected chi connectivity index (χ3v) is 5.68. The summed E-state index contributed by atoms with van der Waals surface area (Å²) in [5.41, 5.74) is -1.47. The lowest BCUT2D eigenvalue weighted by Gasteiger charge is -2.26. The first kappa shape index (κ1) is 25.0. The second-order valence-electron chi connectivity index (χ2n) is 8.41. The third-order valence-electron chi connectivity index (χ3n) is 5.68. The first-order valence-electron chi connectivity index (χ1n) is 11.1. The van der Waals surface area contributed by atoms with Crippen molar-refractivity contribution >= 4 is 29.5 Å². The Morgan fingerprint density at radius 2 is 1.94 bits per heavy atom. The number of alkyl halides is 2. The van der Waals surface area contributed by atoms with Crippen LogP contribution in [0.2, 0.25) is 0 Å². The van der Waals surface area contributed by atoms with Gasteiger partial charge in [0.25, 0.3) is 6.43 Å². The van der Waals surface area contributed by atoms with Gasteiger partial charge in [-0.05, 0) is 45.7 Å². The fourth-order valence-corrected chi connectivity index (χ4v) is 3.93. The molecule has 0 aliphatic rings. The number of nitrogens with zero attached hydrogens (tertiary/aromatic N) is 6. The van der Waals surface area contributed by atoms with E-state index in [0.29, 0.717) is 16.6 Å². The monoisotopic (exact) mass is 496 g/mol. The molecule has 0 aliphatic heterocycles. The molecule has 4 rings (SSSR count). The molecule has 0 saturated heterocycles. The molecule has 36 heavy (non-hydrogen) atoms. The van der Waals surface area contributed by atoms with E-state index in [1.165, 1.54) is 24.6 Å². The lowest BCUT2D eigenvalue weighted by Crippen LogP contribution is -2.33. The molecule has 4 aromatic rings. The van der Waals surface area contributed by atoms with Crippen LogP contribution in [0.15, 0.2) is 47.6 Å². The third kappa shape index (κ3) is 4.43. The van der Waals surface area contributed by atoms with Crippen molar-refractivity contribution < 1.29 is 22.7 Å². The summed E-state index contributed by atoms with van der Waals surface area (Å²) >= 11 is 0. The van der Waals surface area contributed by atoms with Gasteiger partial charge in [0.15, 0.2) is 17.3 Å². The number of hydrogen-bond donors (Lipinski definition) is 0. The maximum atomic E-state index is 14.3. The second kappa shape index (κ2) is 9.84. The average Bonchev–Trinajstić information content (AvgIpc) is 3.23. The molecule has 0 spiro atoms. The lowest BCUT2D eigenvalue weighted by atomic mass is 9.83. The van der Waals surface area contributed by atoms with Crippen LogP contribution in [0.5, 0.6) is 0 Å². The summed E-state index contributed by atoms with van der Waals surface area (Å²) in [6.07, 6.45) is -1.51. The number of ether oxygens (including phenoxy) is 1. The zero-order valence-corrected chi connectivity index (χ0v) is 19.9. The van der Waals surface area contributed by atoms with Crippen LogP contribution in [0.3, 0.4) is 0 Å². The van der Waals surface area contributed by atoms with Gasteiger partial charge in [-0.3, -0.25) is 4.79 Å². The normalized spacial score (nSPS) is 11.8. The molecule has 0 saturated carbocycles. The largest absolute Gasteiger partial charge is 0.465 e. The van der Waals surface area contributed by atoms with Gasteiger partial charge in [-0.15, -0.1) is 0 Å². The zero-order valence-electron chi connectivity index (χ0n) is 19.9. The van der Waals surface area contributed by atoms with Crippen molar-refractivity contribution in [3.63, 3.8) is 0 Å². The van der Waals surface area contributed by atoms with Crippen LogP contribution in [0.1, 0.15) is 44.0 Å². The highest BCUT2D eigenvalue weighted by Gasteiger charge is 2.40. The molecule has 0 atom stereocenters. The highest BCUT2D eigenvalue weighted by molar-refractivity contribution is 5.90. The van der Waals surface area contributed by atoms with Crippen molar-refractivity contribution in [1.82, 2.24) is 24.7 Å². The van der Waals surface area contributed by atoms with Gasteiger partial charge in [-0.2, -0.15) is 5.10 Å². The highest BCUT2D eigenvalue weighted by atomic mass is 19.3. The van der Waals surface area contributed by atoms with Crippen LogP contribution in [-0.2, 0) is 21.5 Å². The Morgan fingerprint density at radius 1 is 1.19 bits per heavy atom. The van der Waals surface area contributed by atoms with Gasteiger partial charge in [0.2, 0.25) is 0 Å². The molecule has 0 radical (unpaired) electrons. The summed E-state index contributed by atoms with van der Waals surface area (Å²) in [7, 11) is 0. The Morgan fingerprint density at radius 3 is 2.61 bits per heavy atom. The number of hydrogen-bond acceptors (Lipinski definition) is 7. The number of carbonyl (C=O) groups is 1. The number of carbonyl (C=O) groups excluding carboxylic acids is 1.